The summed E-state index contributed by atoms with van der Waals surface area (Å²) in [5.74, 6) is 1.48. The molecule has 27 heavy (non-hydrogen) atoms. The molecule has 1 aromatic carbocycles. The number of alkyl carbamates (subject to hydrolysis) is 1. The van der Waals surface area contributed by atoms with E-state index in [0.29, 0.717) is 19.0 Å². The Hall–Kier alpha value is -2.44. The molecule has 0 fully saturated rings. The zero-order chi connectivity index (χ0) is 20.5. The Labute approximate surface area is 162 Å². The van der Waals surface area contributed by atoms with Gasteiger partial charge in [-0.2, -0.15) is 0 Å². The molecule has 0 radical (unpaired) electrons. The van der Waals surface area contributed by atoms with E-state index in [1.54, 1.807) is 7.11 Å². The minimum absolute atomic E-state index is 0.440. The second kappa shape index (κ2) is 10.0. The Balaban J connectivity index is 2.69. The van der Waals surface area contributed by atoms with E-state index in [0.717, 1.165) is 17.9 Å². The van der Waals surface area contributed by atoms with Crippen molar-refractivity contribution in [3.05, 3.63) is 29.8 Å². The van der Waals surface area contributed by atoms with Crippen LogP contribution in [0.25, 0.3) is 0 Å². The van der Waals surface area contributed by atoms with E-state index in [1.165, 1.54) is 0 Å². The van der Waals surface area contributed by atoms with Crippen molar-refractivity contribution in [2.24, 2.45) is 4.99 Å². The third-order valence-electron chi connectivity index (χ3n) is 3.48. The molecular formula is C20H34N4O3. The van der Waals surface area contributed by atoms with Crippen molar-refractivity contribution in [2.75, 3.05) is 20.2 Å². The topological polar surface area (TPSA) is 84.0 Å². The molecule has 152 valence electrons. The third kappa shape index (κ3) is 9.17. The Bertz CT molecular complexity index is 636. The predicted molar refractivity (Wildman–Crippen MR) is 109 cm³/mol. The van der Waals surface area contributed by atoms with E-state index < -0.39 is 17.2 Å². The fourth-order valence-electron chi connectivity index (χ4n) is 2.27. The quantitative estimate of drug-likeness (QED) is 0.502. The molecule has 1 rings (SSSR count). The molecule has 1 aromatic rings. The minimum Gasteiger partial charge on any atom is -0.496 e. The molecule has 0 spiro atoms. The van der Waals surface area contributed by atoms with E-state index in [1.807, 2.05) is 65.8 Å². The summed E-state index contributed by atoms with van der Waals surface area (Å²) in [6.07, 6.45) is -0.440. The van der Waals surface area contributed by atoms with E-state index in [-0.39, 0.29) is 0 Å². The molecule has 0 saturated heterocycles. The molecule has 0 aromatic heterocycles. The third-order valence-corrected chi connectivity index (χ3v) is 3.48. The molecule has 0 unspecified atom stereocenters. The lowest BCUT2D eigenvalue weighted by atomic mass is 10.1. The average molecular weight is 379 g/mol. The maximum absolute atomic E-state index is 12.0. The van der Waals surface area contributed by atoms with Crippen molar-refractivity contribution < 1.29 is 14.3 Å². The summed E-state index contributed by atoms with van der Waals surface area (Å²) < 4.78 is 10.7. The first-order valence-corrected chi connectivity index (χ1v) is 9.21. The number of carbonyl (C=O) groups is 1. The molecule has 0 atom stereocenters. The highest BCUT2D eigenvalue weighted by atomic mass is 16.6. The second-order valence-corrected chi connectivity index (χ2v) is 7.87. The summed E-state index contributed by atoms with van der Waals surface area (Å²) in [5.41, 5.74) is -0.0369. The molecule has 7 nitrogen and oxygen atoms in total. The highest BCUT2D eigenvalue weighted by Crippen LogP contribution is 2.17. The Kier molecular flexibility index (Phi) is 8.40. The van der Waals surface area contributed by atoms with Crippen LogP contribution in [0.1, 0.15) is 47.1 Å². The van der Waals surface area contributed by atoms with Crippen molar-refractivity contribution in [1.82, 2.24) is 16.0 Å². The van der Waals surface area contributed by atoms with Crippen molar-refractivity contribution in [3.8, 4) is 5.75 Å². The fraction of sp³-hybridized carbons (Fsp3) is 0.600. The largest absolute Gasteiger partial charge is 0.496 e. The number of rotatable bonds is 7. The van der Waals surface area contributed by atoms with Crippen LogP contribution in [0, 0.1) is 0 Å². The number of amides is 1. The molecule has 0 bridgehead atoms. The van der Waals surface area contributed by atoms with Crippen molar-refractivity contribution in [3.63, 3.8) is 0 Å². The number of guanidine groups is 1. The predicted octanol–water partition coefficient (Wildman–Crippen LogP) is 3.05. The molecule has 7 heteroatoms. The van der Waals surface area contributed by atoms with Gasteiger partial charge in [0.05, 0.1) is 19.2 Å². The Morgan fingerprint density at radius 2 is 1.78 bits per heavy atom. The lowest BCUT2D eigenvalue weighted by Crippen LogP contribution is -2.54. The van der Waals surface area contributed by atoms with Crippen LogP contribution in [0.15, 0.2) is 29.3 Å². The standard InChI is InChI=1S/C20H34N4O3/c1-8-21-17(22-13-15-11-9-10-12-16(15)26-7)23-14-20(5,6)24-18(25)27-19(2,3)4/h9-12H,8,13-14H2,1-7H3,(H,24,25)(H2,21,22,23). The number of carbonyl (C=O) groups excluding carboxylic acids is 1. The molecular weight excluding hydrogens is 344 g/mol. The molecule has 0 aliphatic rings. The van der Waals surface area contributed by atoms with Crippen LogP contribution < -0.4 is 20.7 Å². The zero-order valence-electron chi connectivity index (χ0n) is 17.6. The smallest absolute Gasteiger partial charge is 0.408 e. The van der Waals surface area contributed by atoms with E-state index in [4.69, 9.17) is 9.47 Å². The average Bonchev–Trinajstić information content (AvgIpc) is 2.55. The number of hydrogen-bond acceptors (Lipinski definition) is 4. The first kappa shape index (κ1) is 22.6. The van der Waals surface area contributed by atoms with Crippen molar-refractivity contribution in [1.29, 1.82) is 0 Å². The van der Waals surface area contributed by atoms with Gasteiger partial charge in [-0.15, -0.1) is 0 Å². The van der Waals surface area contributed by atoms with Crippen LogP contribution in [-0.2, 0) is 11.3 Å². The molecule has 0 heterocycles. The van der Waals surface area contributed by atoms with Gasteiger partial charge in [-0.1, -0.05) is 18.2 Å². The van der Waals surface area contributed by atoms with Crippen LogP contribution in [0.3, 0.4) is 0 Å². The number of methoxy groups -OCH3 is 1. The lowest BCUT2D eigenvalue weighted by Gasteiger charge is -2.29. The van der Waals surface area contributed by atoms with Crippen LogP contribution in [0.2, 0.25) is 0 Å². The number of para-hydroxylation sites is 1. The summed E-state index contributed by atoms with van der Waals surface area (Å²) in [4.78, 5) is 16.6. The normalized spacial score (nSPS) is 12.3. The van der Waals surface area contributed by atoms with Crippen LogP contribution in [0.5, 0.6) is 5.75 Å². The number of ether oxygens (including phenoxy) is 2. The highest BCUT2D eigenvalue weighted by Gasteiger charge is 2.24. The summed E-state index contributed by atoms with van der Waals surface area (Å²) in [6.45, 7) is 13.1. The molecule has 0 aliphatic heterocycles. The molecule has 1 amide bonds. The monoisotopic (exact) mass is 378 g/mol. The number of nitrogens with one attached hydrogen (secondary N) is 3. The maximum Gasteiger partial charge on any atom is 0.408 e. The van der Waals surface area contributed by atoms with Gasteiger partial charge in [0, 0.05) is 18.7 Å². The van der Waals surface area contributed by atoms with Crippen LogP contribution in [0.4, 0.5) is 4.79 Å². The number of benzene rings is 1. The van der Waals surface area contributed by atoms with Gasteiger partial charge >= 0.3 is 6.09 Å². The SMILES string of the molecule is CCNC(=NCc1ccccc1OC)NCC(C)(C)NC(=O)OC(C)(C)C. The fourth-order valence-corrected chi connectivity index (χ4v) is 2.27. The van der Waals surface area contributed by atoms with Gasteiger partial charge in [0.25, 0.3) is 0 Å². The van der Waals surface area contributed by atoms with Gasteiger partial charge in [0.2, 0.25) is 0 Å². The molecule has 0 aliphatic carbocycles. The summed E-state index contributed by atoms with van der Waals surface area (Å²) in [6, 6.07) is 7.79. The number of hydrogen-bond donors (Lipinski definition) is 3. The molecule has 0 saturated carbocycles. The van der Waals surface area contributed by atoms with Gasteiger partial charge in [0.15, 0.2) is 5.96 Å². The maximum atomic E-state index is 12.0. The number of nitrogens with zero attached hydrogens (tertiary/aromatic N) is 1. The second-order valence-electron chi connectivity index (χ2n) is 7.87. The highest BCUT2D eigenvalue weighted by molar-refractivity contribution is 5.80. The first-order chi connectivity index (χ1) is 12.6. The summed E-state index contributed by atoms with van der Waals surface area (Å²) >= 11 is 0. The molecule has 3 N–H and O–H groups in total. The van der Waals surface area contributed by atoms with Crippen LogP contribution in [-0.4, -0.2) is 43.4 Å². The van der Waals surface area contributed by atoms with Gasteiger partial charge in [0.1, 0.15) is 11.4 Å². The minimum atomic E-state index is -0.529. The summed E-state index contributed by atoms with van der Waals surface area (Å²) in [7, 11) is 1.65. The zero-order valence-corrected chi connectivity index (χ0v) is 17.6. The lowest BCUT2D eigenvalue weighted by molar-refractivity contribution is 0.0474. The van der Waals surface area contributed by atoms with Gasteiger partial charge < -0.3 is 25.4 Å². The first-order valence-electron chi connectivity index (χ1n) is 9.21. The van der Waals surface area contributed by atoms with Gasteiger partial charge in [-0.25, -0.2) is 9.79 Å². The van der Waals surface area contributed by atoms with Gasteiger partial charge in [-0.05, 0) is 47.6 Å². The van der Waals surface area contributed by atoms with Crippen molar-refractivity contribution >= 4 is 12.1 Å². The van der Waals surface area contributed by atoms with E-state index >= 15 is 0 Å². The Morgan fingerprint density at radius 1 is 1.11 bits per heavy atom. The Morgan fingerprint density at radius 3 is 2.37 bits per heavy atom. The van der Waals surface area contributed by atoms with E-state index in [2.05, 4.69) is 20.9 Å². The van der Waals surface area contributed by atoms with Gasteiger partial charge in [-0.3, -0.25) is 0 Å². The van der Waals surface area contributed by atoms with Crippen molar-refractivity contribution in [2.45, 2.75) is 59.2 Å². The summed E-state index contributed by atoms with van der Waals surface area (Å²) in [5, 5.41) is 9.35. The number of aliphatic imine (C=N–C) groups is 1. The van der Waals surface area contributed by atoms with Crippen LogP contribution >= 0.6 is 0 Å². The van der Waals surface area contributed by atoms with E-state index in [9.17, 15) is 4.79 Å².